The largest absolute Gasteiger partial charge is 0.477 e. The maximum atomic E-state index is 15.3. The van der Waals surface area contributed by atoms with E-state index in [1.165, 1.54) is 6.20 Å². The van der Waals surface area contributed by atoms with E-state index in [0.717, 1.165) is 11.8 Å². The third-order valence-corrected chi connectivity index (χ3v) is 6.67. The van der Waals surface area contributed by atoms with E-state index < -0.39 is 22.8 Å². The molecule has 2 fully saturated rings. The minimum atomic E-state index is -1.38. The van der Waals surface area contributed by atoms with Crippen molar-refractivity contribution in [2.24, 2.45) is 0 Å². The minimum absolute atomic E-state index is 0.0712. The number of hydrogen-bond acceptors (Lipinski definition) is 6. The molecule has 2 N–H and O–H groups in total. The molecule has 34 heavy (non-hydrogen) atoms. The van der Waals surface area contributed by atoms with Crippen LogP contribution in [0.25, 0.3) is 16.6 Å². The molecule has 10 heteroatoms. The number of aromatic nitrogens is 1. The predicted molar refractivity (Wildman–Crippen MR) is 130 cm³/mol. The zero-order valence-electron chi connectivity index (χ0n) is 18.4. The first kappa shape index (κ1) is 22.6. The van der Waals surface area contributed by atoms with Crippen molar-refractivity contribution in [2.45, 2.75) is 0 Å². The molecule has 3 aromatic rings. The second-order valence-corrected chi connectivity index (χ2v) is 8.67. The standard InChI is InChI=1S/C24H24ClFN4O4/c25-20-21-15(13-17(26)22(20)29-7-5-27-6-8-29)23(31)16(24(32)33)14-30(21)19-4-2-1-3-18(19)28-9-11-34-12-10-28/h1-4,13-14,27H,5-12H2,(H,32,33). The molecule has 2 aliphatic rings. The second kappa shape index (κ2) is 9.25. The van der Waals surface area contributed by atoms with Crippen LogP contribution in [-0.4, -0.2) is 68.1 Å². The quantitative estimate of drug-likeness (QED) is 0.586. The summed E-state index contributed by atoms with van der Waals surface area (Å²) in [6.07, 6.45) is 1.29. The number of carboxylic acid groups (broad SMARTS) is 1. The van der Waals surface area contributed by atoms with Crippen LogP contribution in [0.5, 0.6) is 0 Å². The van der Waals surface area contributed by atoms with Crippen LogP contribution in [-0.2, 0) is 4.74 Å². The number of piperazine rings is 1. The van der Waals surface area contributed by atoms with Crippen LogP contribution >= 0.6 is 11.6 Å². The maximum Gasteiger partial charge on any atom is 0.341 e. The van der Waals surface area contributed by atoms with Crippen molar-refractivity contribution in [3.8, 4) is 5.69 Å². The fourth-order valence-corrected chi connectivity index (χ4v) is 5.07. The normalized spacial score (nSPS) is 16.8. The van der Waals surface area contributed by atoms with Crippen LogP contribution in [0.4, 0.5) is 15.8 Å². The summed E-state index contributed by atoms with van der Waals surface area (Å²) in [5.41, 5.74) is 0.779. The van der Waals surface area contributed by atoms with Crippen LogP contribution in [0.15, 0.2) is 41.3 Å². The molecule has 0 spiro atoms. The average molecular weight is 487 g/mol. The Bertz CT molecular complexity index is 1320. The van der Waals surface area contributed by atoms with Gasteiger partial charge in [0.2, 0.25) is 5.43 Å². The summed E-state index contributed by atoms with van der Waals surface area (Å²) in [7, 11) is 0. The molecular formula is C24H24ClFN4O4. The third-order valence-electron chi connectivity index (χ3n) is 6.31. The topological polar surface area (TPSA) is 87.0 Å². The molecule has 8 nitrogen and oxygen atoms in total. The lowest BCUT2D eigenvalue weighted by atomic mass is 10.1. The highest BCUT2D eigenvalue weighted by Crippen LogP contribution is 2.38. The van der Waals surface area contributed by atoms with E-state index in [-0.39, 0.29) is 21.6 Å². The Labute approximate surface area is 200 Å². The van der Waals surface area contributed by atoms with Gasteiger partial charge in [-0.15, -0.1) is 0 Å². The van der Waals surface area contributed by atoms with Gasteiger partial charge < -0.3 is 29.5 Å². The van der Waals surface area contributed by atoms with Gasteiger partial charge in [0.1, 0.15) is 11.4 Å². The number of pyridine rings is 1. The average Bonchev–Trinajstić information content (AvgIpc) is 2.86. The van der Waals surface area contributed by atoms with Crippen molar-refractivity contribution in [1.82, 2.24) is 9.88 Å². The van der Waals surface area contributed by atoms with Gasteiger partial charge in [-0.25, -0.2) is 9.18 Å². The van der Waals surface area contributed by atoms with E-state index in [1.807, 2.05) is 29.2 Å². The van der Waals surface area contributed by atoms with Gasteiger partial charge in [0.25, 0.3) is 0 Å². The monoisotopic (exact) mass is 486 g/mol. The number of halogens is 2. The smallest absolute Gasteiger partial charge is 0.341 e. The fourth-order valence-electron chi connectivity index (χ4n) is 4.66. The number of benzene rings is 2. The molecule has 2 aromatic carbocycles. The van der Waals surface area contributed by atoms with Gasteiger partial charge in [0.15, 0.2) is 0 Å². The van der Waals surface area contributed by atoms with Gasteiger partial charge in [0, 0.05) is 45.5 Å². The van der Waals surface area contributed by atoms with Gasteiger partial charge in [-0.3, -0.25) is 4.79 Å². The molecule has 0 aliphatic carbocycles. The molecule has 5 rings (SSSR count). The number of aromatic carboxylic acids is 1. The van der Waals surface area contributed by atoms with Crippen LogP contribution in [0.3, 0.4) is 0 Å². The van der Waals surface area contributed by atoms with Crippen molar-refractivity contribution < 1.29 is 19.0 Å². The van der Waals surface area contributed by atoms with Crippen molar-refractivity contribution in [1.29, 1.82) is 0 Å². The number of carbonyl (C=O) groups is 1. The lowest BCUT2D eigenvalue weighted by molar-refractivity contribution is 0.0695. The number of nitrogens with zero attached hydrogens (tertiary/aromatic N) is 3. The van der Waals surface area contributed by atoms with Gasteiger partial charge in [-0.1, -0.05) is 23.7 Å². The van der Waals surface area contributed by atoms with E-state index in [2.05, 4.69) is 10.2 Å². The molecule has 3 heterocycles. The Morgan fingerprint density at radius 1 is 1.06 bits per heavy atom. The van der Waals surface area contributed by atoms with Gasteiger partial charge >= 0.3 is 5.97 Å². The molecule has 178 valence electrons. The summed E-state index contributed by atoms with van der Waals surface area (Å²) in [5.74, 6) is -2.03. The number of carboxylic acids is 1. The van der Waals surface area contributed by atoms with E-state index in [4.69, 9.17) is 16.3 Å². The number of fused-ring (bicyclic) bond motifs is 1. The predicted octanol–water partition coefficient (Wildman–Crippen LogP) is 2.73. The van der Waals surface area contributed by atoms with Gasteiger partial charge in [-0.05, 0) is 18.2 Å². The van der Waals surface area contributed by atoms with Crippen molar-refractivity contribution >= 4 is 39.8 Å². The first-order valence-corrected chi connectivity index (χ1v) is 11.5. The Morgan fingerprint density at radius 2 is 1.74 bits per heavy atom. The number of anilines is 2. The van der Waals surface area contributed by atoms with Gasteiger partial charge in [0.05, 0.1) is 46.2 Å². The minimum Gasteiger partial charge on any atom is -0.477 e. The van der Waals surface area contributed by atoms with Crippen molar-refractivity contribution in [3.63, 3.8) is 0 Å². The van der Waals surface area contributed by atoms with Crippen molar-refractivity contribution in [2.75, 3.05) is 62.3 Å². The number of rotatable bonds is 4. The highest BCUT2D eigenvalue weighted by atomic mass is 35.5. The van der Waals surface area contributed by atoms with E-state index >= 15 is 4.39 Å². The molecule has 1 aromatic heterocycles. The summed E-state index contributed by atoms with van der Waals surface area (Å²) in [5, 5.41) is 13.0. The molecule has 0 saturated carbocycles. The summed E-state index contributed by atoms with van der Waals surface area (Å²) in [6, 6.07) is 8.61. The maximum absolute atomic E-state index is 15.3. The number of morpholine rings is 1. The highest BCUT2D eigenvalue weighted by molar-refractivity contribution is 6.38. The van der Waals surface area contributed by atoms with Crippen LogP contribution in [0.2, 0.25) is 5.02 Å². The molecule has 0 radical (unpaired) electrons. The van der Waals surface area contributed by atoms with E-state index in [0.29, 0.717) is 58.2 Å². The highest BCUT2D eigenvalue weighted by Gasteiger charge is 2.26. The first-order chi connectivity index (χ1) is 16.5. The second-order valence-electron chi connectivity index (χ2n) is 8.29. The number of nitrogens with one attached hydrogen (secondary N) is 1. The zero-order valence-corrected chi connectivity index (χ0v) is 19.1. The molecule has 2 saturated heterocycles. The Balaban J connectivity index is 1.82. The first-order valence-electron chi connectivity index (χ1n) is 11.2. The Hall–Kier alpha value is -3.14. The zero-order chi connectivity index (χ0) is 23.8. The third kappa shape index (κ3) is 3.89. The molecular weight excluding hydrogens is 463 g/mol. The molecule has 2 aliphatic heterocycles. The van der Waals surface area contributed by atoms with Crippen LogP contribution < -0.4 is 20.5 Å². The van der Waals surface area contributed by atoms with E-state index in [1.54, 1.807) is 4.57 Å². The lowest BCUT2D eigenvalue weighted by Crippen LogP contribution is -2.44. The molecule has 0 amide bonds. The summed E-state index contributed by atoms with van der Waals surface area (Å²) >= 11 is 6.83. The summed E-state index contributed by atoms with van der Waals surface area (Å²) < 4.78 is 22.4. The lowest BCUT2D eigenvalue weighted by Gasteiger charge is -2.32. The number of ether oxygens (including phenoxy) is 1. The van der Waals surface area contributed by atoms with Crippen LogP contribution in [0, 0.1) is 5.82 Å². The Kier molecular flexibility index (Phi) is 6.16. The van der Waals surface area contributed by atoms with Crippen LogP contribution in [0.1, 0.15) is 10.4 Å². The molecule has 0 atom stereocenters. The van der Waals surface area contributed by atoms with Crippen molar-refractivity contribution in [3.05, 3.63) is 63.2 Å². The van der Waals surface area contributed by atoms with E-state index in [9.17, 15) is 14.7 Å². The molecule has 0 bridgehead atoms. The summed E-state index contributed by atoms with van der Waals surface area (Å²) in [4.78, 5) is 29.0. The Morgan fingerprint density at radius 3 is 2.41 bits per heavy atom. The SMILES string of the molecule is O=C(O)c1cn(-c2ccccc2N2CCOCC2)c2c(Cl)c(N3CCNCC3)c(F)cc2c1=O. The fraction of sp³-hybridized carbons (Fsp3) is 0.333. The number of para-hydroxylation sites is 2. The van der Waals surface area contributed by atoms with Gasteiger partial charge in [-0.2, -0.15) is 0 Å². The molecule has 0 unspecified atom stereocenters. The summed E-state index contributed by atoms with van der Waals surface area (Å²) in [6.45, 7) is 4.94. The number of hydrogen-bond donors (Lipinski definition) is 2.